The Morgan fingerprint density at radius 1 is 1.07 bits per heavy atom. The van der Waals surface area contributed by atoms with Crippen LogP contribution in [0.4, 0.5) is 0 Å². The first-order valence-electron chi connectivity index (χ1n) is 10.3. The van der Waals surface area contributed by atoms with Crippen LogP contribution in [0, 0.1) is 6.92 Å². The van der Waals surface area contributed by atoms with E-state index in [2.05, 4.69) is 18.7 Å². The molecule has 156 valence electrons. The molecule has 1 aliphatic heterocycles. The zero-order valence-corrected chi connectivity index (χ0v) is 18.2. The van der Waals surface area contributed by atoms with Crippen LogP contribution in [0.5, 0.6) is 0 Å². The molecule has 6 heteroatoms. The molecule has 2 aromatic carbocycles. The molecular weight excluding hydrogens is 400 g/mol. The molecule has 1 aliphatic rings. The van der Waals surface area contributed by atoms with Gasteiger partial charge in [0.25, 0.3) is 5.91 Å². The average Bonchev–Trinajstić information content (AvgIpc) is 3.02. The van der Waals surface area contributed by atoms with Crippen LogP contribution in [-0.2, 0) is 0 Å². The van der Waals surface area contributed by atoms with Crippen LogP contribution in [0.15, 0.2) is 51.7 Å². The second kappa shape index (κ2) is 8.25. The van der Waals surface area contributed by atoms with Crippen molar-refractivity contribution < 1.29 is 9.21 Å². The minimum absolute atomic E-state index is 0.139. The molecule has 2 heterocycles. The van der Waals surface area contributed by atoms with Crippen molar-refractivity contribution in [1.29, 1.82) is 0 Å². The van der Waals surface area contributed by atoms with Gasteiger partial charge in [0.05, 0.1) is 17.0 Å². The summed E-state index contributed by atoms with van der Waals surface area (Å²) in [5.74, 6) is -0.100. The zero-order chi connectivity index (χ0) is 21.4. The van der Waals surface area contributed by atoms with Crippen molar-refractivity contribution in [3.8, 4) is 0 Å². The number of likely N-dealkylation sites (N-methyl/N-ethyl adjacent to an activating group) is 1. The van der Waals surface area contributed by atoms with E-state index >= 15 is 0 Å². The molecule has 0 spiro atoms. The second-order valence-electron chi connectivity index (χ2n) is 7.65. The number of fused-ring (bicyclic) bond motifs is 2. The molecule has 1 atom stereocenters. The second-order valence-corrected chi connectivity index (χ2v) is 8.09. The molecule has 5 nitrogen and oxygen atoms in total. The van der Waals surface area contributed by atoms with E-state index in [0.29, 0.717) is 28.1 Å². The summed E-state index contributed by atoms with van der Waals surface area (Å²) >= 11 is 6.12. The molecule has 0 radical (unpaired) electrons. The maximum absolute atomic E-state index is 13.5. The van der Waals surface area contributed by atoms with E-state index in [4.69, 9.17) is 16.0 Å². The Morgan fingerprint density at radius 3 is 2.43 bits per heavy atom. The molecule has 0 saturated heterocycles. The van der Waals surface area contributed by atoms with Gasteiger partial charge in [-0.3, -0.25) is 9.59 Å². The van der Waals surface area contributed by atoms with Gasteiger partial charge in [0.2, 0.25) is 5.76 Å². The summed E-state index contributed by atoms with van der Waals surface area (Å²) in [5.41, 5.74) is 2.61. The highest BCUT2D eigenvalue weighted by atomic mass is 35.5. The molecule has 0 fully saturated rings. The van der Waals surface area contributed by atoms with E-state index in [1.165, 1.54) is 0 Å². The number of amides is 1. The van der Waals surface area contributed by atoms with Crippen LogP contribution >= 0.6 is 11.6 Å². The largest absolute Gasteiger partial charge is 0.450 e. The third kappa shape index (κ3) is 3.53. The van der Waals surface area contributed by atoms with Crippen molar-refractivity contribution in [2.45, 2.75) is 26.8 Å². The van der Waals surface area contributed by atoms with E-state index in [1.807, 2.05) is 31.2 Å². The van der Waals surface area contributed by atoms with Crippen LogP contribution < -0.4 is 5.43 Å². The van der Waals surface area contributed by atoms with Crippen LogP contribution in [0.25, 0.3) is 11.0 Å². The summed E-state index contributed by atoms with van der Waals surface area (Å²) < 4.78 is 5.95. The Labute approximate surface area is 180 Å². The highest BCUT2D eigenvalue weighted by molar-refractivity contribution is 6.31. The SMILES string of the molecule is CCN(CC)CCN1C(=O)c2oc3ccc(Cl)cc3c(=O)c2C1c1ccc(C)cc1. The Morgan fingerprint density at radius 2 is 1.77 bits per heavy atom. The number of aryl methyl sites for hydroxylation is 1. The number of hydrogen-bond donors (Lipinski definition) is 0. The third-order valence-electron chi connectivity index (χ3n) is 5.87. The van der Waals surface area contributed by atoms with Crippen molar-refractivity contribution in [2.75, 3.05) is 26.2 Å². The lowest BCUT2D eigenvalue weighted by Gasteiger charge is -2.28. The van der Waals surface area contributed by atoms with Gasteiger partial charge in [0.1, 0.15) is 5.58 Å². The van der Waals surface area contributed by atoms with Gasteiger partial charge in [-0.25, -0.2) is 0 Å². The minimum atomic E-state index is -0.469. The van der Waals surface area contributed by atoms with Gasteiger partial charge in [0.15, 0.2) is 5.43 Å². The van der Waals surface area contributed by atoms with E-state index in [-0.39, 0.29) is 17.1 Å². The smallest absolute Gasteiger partial charge is 0.290 e. The number of rotatable bonds is 6. The summed E-state index contributed by atoms with van der Waals surface area (Å²) in [6.07, 6.45) is 0. The van der Waals surface area contributed by atoms with Gasteiger partial charge < -0.3 is 14.2 Å². The van der Waals surface area contributed by atoms with E-state index in [9.17, 15) is 9.59 Å². The highest BCUT2D eigenvalue weighted by Crippen LogP contribution is 2.38. The van der Waals surface area contributed by atoms with Crippen LogP contribution in [-0.4, -0.2) is 41.9 Å². The Kier molecular flexibility index (Phi) is 5.67. The lowest BCUT2D eigenvalue weighted by atomic mass is 9.97. The first-order valence-corrected chi connectivity index (χ1v) is 10.7. The Bertz CT molecular complexity index is 1150. The Balaban J connectivity index is 1.87. The molecule has 1 unspecified atom stereocenters. The monoisotopic (exact) mass is 424 g/mol. The van der Waals surface area contributed by atoms with Gasteiger partial charge in [-0.15, -0.1) is 0 Å². The van der Waals surface area contributed by atoms with Crippen molar-refractivity contribution in [3.63, 3.8) is 0 Å². The van der Waals surface area contributed by atoms with Gasteiger partial charge in [-0.2, -0.15) is 0 Å². The fourth-order valence-corrected chi connectivity index (χ4v) is 4.28. The molecule has 4 rings (SSSR count). The zero-order valence-electron chi connectivity index (χ0n) is 17.4. The topological polar surface area (TPSA) is 53.8 Å². The molecule has 0 bridgehead atoms. The average molecular weight is 425 g/mol. The molecule has 30 heavy (non-hydrogen) atoms. The molecule has 0 N–H and O–H groups in total. The van der Waals surface area contributed by atoms with Crippen LogP contribution in [0.2, 0.25) is 5.02 Å². The quantitative estimate of drug-likeness (QED) is 0.578. The molecule has 1 amide bonds. The summed E-state index contributed by atoms with van der Waals surface area (Å²) in [5, 5.41) is 0.862. The van der Waals surface area contributed by atoms with Crippen molar-refractivity contribution >= 4 is 28.5 Å². The predicted octanol–water partition coefficient (Wildman–Crippen LogP) is 4.64. The third-order valence-corrected chi connectivity index (χ3v) is 6.11. The lowest BCUT2D eigenvalue weighted by molar-refractivity contribution is 0.0708. The first kappa shape index (κ1) is 20.6. The van der Waals surface area contributed by atoms with Gasteiger partial charge >= 0.3 is 0 Å². The van der Waals surface area contributed by atoms with Crippen LogP contribution in [0.1, 0.15) is 47.1 Å². The van der Waals surface area contributed by atoms with Crippen molar-refractivity contribution in [2.24, 2.45) is 0 Å². The van der Waals surface area contributed by atoms with E-state index in [0.717, 1.165) is 30.8 Å². The van der Waals surface area contributed by atoms with Crippen molar-refractivity contribution in [3.05, 3.63) is 80.2 Å². The predicted molar refractivity (Wildman–Crippen MR) is 119 cm³/mol. The summed E-state index contributed by atoms with van der Waals surface area (Å²) in [6, 6.07) is 12.4. The van der Waals surface area contributed by atoms with Gasteiger partial charge in [-0.1, -0.05) is 55.3 Å². The Hall–Kier alpha value is -2.63. The standard InChI is InChI=1S/C24H25ClN2O3/c1-4-26(5-2)12-13-27-21(16-8-6-15(3)7-9-16)20-22(28)18-14-17(25)10-11-19(18)30-23(20)24(27)29/h6-11,14,21H,4-5,12-13H2,1-3H3. The summed E-state index contributed by atoms with van der Waals surface area (Å²) in [7, 11) is 0. The summed E-state index contributed by atoms with van der Waals surface area (Å²) in [6.45, 7) is 9.26. The molecule has 0 aliphatic carbocycles. The number of carbonyl (C=O) groups is 1. The highest BCUT2D eigenvalue weighted by Gasteiger charge is 2.42. The number of benzene rings is 2. The fraction of sp³-hybridized carbons (Fsp3) is 0.333. The fourth-order valence-electron chi connectivity index (χ4n) is 4.11. The maximum Gasteiger partial charge on any atom is 0.290 e. The van der Waals surface area contributed by atoms with Crippen molar-refractivity contribution in [1.82, 2.24) is 9.80 Å². The van der Waals surface area contributed by atoms with Crippen LogP contribution in [0.3, 0.4) is 0 Å². The first-order chi connectivity index (χ1) is 14.4. The van der Waals surface area contributed by atoms with E-state index in [1.54, 1.807) is 23.1 Å². The van der Waals surface area contributed by atoms with Gasteiger partial charge in [0, 0.05) is 18.1 Å². The number of halogens is 1. The van der Waals surface area contributed by atoms with E-state index < -0.39 is 6.04 Å². The molecule has 0 saturated carbocycles. The maximum atomic E-state index is 13.5. The molecule has 1 aromatic heterocycles. The number of hydrogen-bond acceptors (Lipinski definition) is 4. The number of nitrogens with zero attached hydrogens (tertiary/aromatic N) is 2. The summed E-state index contributed by atoms with van der Waals surface area (Å²) in [4.78, 5) is 30.8. The minimum Gasteiger partial charge on any atom is -0.450 e. The molecular formula is C24H25ClN2O3. The number of carbonyl (C=O) groups excluding carboxylic acids is 1. The molecule has 3 aromatic rings. The lowest BCUT2D eigenvalue weighted by Crippen LogP contribution is -2.37. The normalized spacial score (nSPS) is 16.0. The van der Waals surface area contributed by atoms with Gasteiger partial charge in [-0.05, 0) is 43.8 Å².